The van der Waals surface area contributed by atoms with Crippen LogP contribution in [0.25, 0.3) is 0 Å². The second kappa shape index (κ2) is 1.43. The summed E-state index contributed by atoms with van der Waals surface area (Å²) < 4.78 is 0.968. The molecule has 0 bridgehead atoms. The van der Waals surface area contributed by atoms with E-state index in [1.807, 2.05) is 23.5 Å². The molecule has 0 aromatic rings. The van der Waals surface area contributed by atoms with Gasteiger partial charge < -0.3 is 0 Å². The Morgan fingerprint density at radius 3 is 2.60 bits per heavy atom. The Bertz CT molecular complexity index is 31.9. The van der Waals surface area contributed by atoms with Gasteiger partial charge in [-0.05, 0) is 6.26 Å². The molecule has 0 aliphatic carbocycles. The Labute approximate surface area is 40.7 Å². The van der Waals surface area contributed by atoms with Gasteiger partial charge in [0, 0.05) is 5.75 Å². The van der Waals surface area contributed by atoms with E-state index in [-0.39, 0.29) is 0 Å². The van der Waals surface area contributed by atoms with Gasteiger partial charge in [-0.3, -0.25) is 0 Å². The largest absolute Gasteiger partial charge is 0.150 e. The van der Waals surface area contributed by atoms with Crippen LogP contribution < -0.4 is 0 Å². The maximum Gasteiger partial charge on any atom is 0.0591 e. The molecule has 0 N–H and O–H groups in total. The zero-order chi connectivity index (χ0) is 3.70. The quantitative estimate of drug-likeness (QED) is 0.464. The van der Waals surface area contributed by atoms with Crippen molar-refractivity contribution in [3.8, 4) is 0 Å². The normalized spacial score (nSPS) is 34.2. The molecule has 0 aromatic carbocycles. The van der Waals surface area contributed by atoms with Gasteiger partial charge in [0.1, 0.15) is 0 Å². The van der Waals surface area contributed by atoms with Crippen molar-refractivity contribution in [1.82, 2.24) is 0 Å². The van der Waals surface area contributed by atoms with Gasteiger partial charge in [-0.15, -0.1) is 11.8 Å². The molecule has 30 valence electrons. The molecule has 0 saturated carbocycles. The Balaban J connectivity index is 2.00. The Morgan fingerprint density at radius 2 is 2.60 bits per heavy atom. The summed E-state index contributed by atoms with van der Waals surface area (Å²) in [5.41, 5.74) is 0. The lowest BCUT2D eigenvalue weighted by atomic mass is 11.0. The third-order valence-corrected chi connectivity index (χ3v) is 3.09. The van der Waals surface area contributed by atoms with Crippen molar-refractivity contribution < 1.29 is 0 Å². The van der Waals surface area contributed by atoms with Crippen molar-refractivity contribution in [2.45, 2.75) is 4.58 Å². The lowest BCUT2D eigenvalue weighted by molar-refractivity contribution is 1.64. The van der Waals surface area contributed by atoms with E-state index in [4.69, 9.17) is 0 Å². The molecule has 0 amide bonds. The summed E-state index contributed by atoms with van der Waals surface area (Å²) >= 11 is 3.98. The Kier molecular flexibility index (Phi) is 1.11. The lowest BCUT2D eigenvalue weighted by Crippen LogP contribution is -1.61. The average Bonchev–Trinajstić information content (AvgIpc) is 2.12. The van der Waals surface area contributed by atoms with Crippen LogP contribution in [-0.4, -0.2) is 16.6 Å². The zero-order valence-electron chi connectivity index (χ0n) is 3.10. The Morgan fingerprint density at radius 1 is 2.00 bits per heavy atom. The van der Waals surface area contributed by atoms with E-state index in [0.29, 0.717) is 0 Å². The van der Waals surface area contributed by atoms with Gasteiger partial charge in [-0.1, -0.05) is 0 Å². The second-order valence-corrected chi connectivity index (χ2v) is 3.57. The van der Waals surface area contributed by atoms with Crippen molar-refractivity contribution in [1.29, 1.82) is 0 Å². The fraction of sp³-hybridized carbons (Fsp3) is 1.00. The molecule has 1 aliphatic heterocycles. The SMILES string of the molecule is CSC1CS1. The fourth-order valence-electron chi connectivity index (χ4n) is 0.175. The van der Waals surface area contributed by atoms with E-state index in [1.54, 1.807) is 0 Å². The van der Waals surface area contributed by atoms with E-state index < -0.39 is 0 Å². The fourth-order valence-corrected chi connectivity index (χ4v) is 1.58. The van der Waals surface area contributed by atoms with E-state index in [0.717, 1.165) is 4.58 Å². The molecule has 0 spiro atoms. The van der Waals surface area contributed by atoms with Crippen molar-refractivity contribution >= 4 is 23.5 Å². The molecule has 1 heterocycles. The number of hydrogen-bond donors (Lipinski definition) is 0. The summed E-state index contributed by atoms with van der Waals surface area (Å²) in [6.07, 6.45) is 2.16. The summed E-state index contributed by atoms with van der Waals surface area (Å²) in [6.45, 7) is 0. The molecule has 1 atom stereocenters. The average molecular weight is 106 g/mol. The molecular formula is C3H6S2. The third-order valence-electron chi connectivity index (χ3n) is 0.566. The number of thioether (sulfide) groups is 2. The highest BCUT2D eigenvalue weighted by molar-refractivity contribution is 8.23. The van der Waals surface area contributed by atoms with Crippen molar-refractivity contribution in [3.05, 3.63) is 0 Å². The van der Waals surface area contributed by atoms with Crippen LogP contribution in [0.2, 0.25) is 0 Å². The molecule has 1 fully saturated rings. The zero-order valence-corrected chi connectivity index (χ0v) is 4.73. The highest BCUT2D eigenvalue weighted by atomic mass is 32.2. The van der Waals surface area contributed by atoms with Crippen LogP contribution in [-0.2, 0) is 0 Å². The van der Waals surface area contributed by atoms with Crippen molar-refractivity contribution in [2.75, 3.05) is 12.0 Å². The topological polar surface area (TPSA) is 0 Å². The van der Waals surface area contributed by atoms with Crippen LogP contribution in [0.5, 0.6) is 0 Å². The van der Waals surface area contributed by atoms with Crippen LogP contribution in [0.1, 0.15) is 0 Å². The smallest absolute Gasteiger partial charge is 0.0591 e. The van der Waals surface area contributed by atoms with Gasteiger partial charge in [0.05, 0.1) is 4.58 Å². The first-order chi connectivity index (χ1) is 2.43. The third kappa shape index (κ3) is 1.05. The first-order valence-electron chi connectivity index (χ1n) is 1.58. The minimum absolute atomic E-state index is 0.968. The van der Waals surface area contributed by atoms with Crippen LogP contribution in [0.3, 0.4) is 0 Å². The molecule has 2 heteroatoms. The van der Waals surface area contributed by atoms with E-state index in [9.17, 15) is 0 Å². The predicted octanol–water partition coefficient (Wildman–Crippen LogP) is 1.42. The summed E-state index contributed by atoms with van der Waals surface area (Å²) in [5, 5.41) is 0. The molecule has 0 aromatic heterocycles. The number of hydrogen-bond acceptors (Lipinski definition) is 2. The highest BCUT2D eigenvalue weighted by Gasteiger charge is 2.19. The first-order valence-corrected chi connectivity index (χ1v) is 3.91. The maximum atomic E-state index is 2.16. The van der Waals surface area contributed by atoms with Crippen molar-refractivity contribution in [3.63, 3.8) is 0 Å². The first kappa shape index (κ1) is 3.88. The molecule has 1 saturated heterocycles. The minimum atomic E-state index is 0.968. The molecule has 0 nitrogen and oxygen atoms in total. The second-order valence-electron chi connectivity index (χ2n) is 0.999. The van der Waals surface area contributed by atoms with E-state index >= 15 is 0 Å². The Hall–Kier alpha value is 0.700. The molecular weight excluding hydrogens is 100 g/mol. The monoisotopic (exact) mass is 106 g/mol. The van der Waals surface area contributed by atoms with Crippen molar-refractivity contribution in [2.24, 2.45) is 0 Å². The lowest BCUT2D eigenvalue weighted by Gasteiger charge is -1.72. The van der Waals surface area contributed by atoms with Crippen LogP contribution in [0.15, 0.2) is 0 Å². The van der Waals surface area contributed by atoms with Crippen LogP contribution in [0, 0.1) is 0 Å². The van der Waals surface area contributed by atoms with E-state index in [1.165, 1.54) is 5.75 Å². The van der Waals surface area contributed by atoms with Gasteiger partial charge >= 0.3 is 0 Å². The van der Waals surface area contributed by atoms with Crippen LogP contribution >= 0.6 is 23.5 Å². The number of rotatable bonds is 1. The van der Waals surface area contributed by atoms with Crippen LogP contribution in [0.4, 0.5) is 0 Å². The summed E-state index contributed by atoms with van der Waals surface area (Å²) in [6, 6.07) is 0. The molecule has 0 radical (unpaired) electrons. The molecule has 5 heavy (non-hydrogen) atoms. The summed E-state index contributed by atoms with van der Waals surface area (Å²) in [7, 11) is 0. The molecule has 1 rings (SSSR count). The summed E-state index contributed by atoms with van der Waals surface area (Å²) in [5.74, 6) is 1.39. The standard InChI is InChI=1S/C3H6S2/c1-4-3-2-5-3/h3H,2H2,1H3. The predicted molar refractivity (Wildman–Crippen MR) is 29.8 cm³/mol. The van der Waals surface area contributed by atoms with Gasteiger partial charge in [0.25, 0.3) is 0 Å². The highest BCUT2D eigenvalue weighted by Crippen LogP contribution is 2.37. The van der Waals surface area contributed by atoms with Gasteiger partial charge in [-0.2, -0.15) is 11.8 Å². The summed E-state index contributed by atoms with van der Waals surface area (Å²) in [4.78, 5) is 0. The minimum Gasteiger partial charge on any atom is -0.150 e. The van der Waals surface area contributed by atoms with Gasteiger partial charge in [0.2, 0.25) is 0 Å². The van der Waals surface area contributed by atoms with Gasteiger partial charge in [-0.25, -0.2) is 0 Å². The molecule has 1 aliphatic rings. The maximum absolute atomic E-state index is 2.16. The van der Waals surface area contributed by atoms with Gasteiger partial charge in [0.15, 0.2) is 0 Å². The molecule has 1 unspecified atom stereocenters. The van der Waals surface area contributed by atoms with E-state index in [2.05, 4.69) is 6.26 Å².